The van der Waals surface area contributed by atoms with Gasteiger partial charge in [-0.1, -0.05) is 6.08 Å². The van der Waals surface area contributed by atoms with Crippen LogP contribution >= 0.6 is 0 Å². The molecule has 1 aromatic rings. The molecule has 90 valence electrons. The molecule has 6 heteroatoms. The molecule has 2 N–H and O–H groups in total. The second-order valence-electron chi connectivity index (χ2n) is 4.09. The van der Waals surface area contributed by atoms with Crippen molar-refractivity contribution in [2.75, 3.05) is 11.4 Å². The number of nitrogens with one attached hydrogen (secondary N) is 2. The third kappa shape index (κ3) is 1.93. The fraction of sp³-hybridized carbons (Fsp3) is 0.364. The molecule has 1 saturated heterocycles. The highest BCUT2D eigenvalue weighted by Gasteiger charge is 2.31. The molecule has 0 aromatic carbocycles. The van der Waals surface area contributed by atoms with E-state index in [0.717, 1.165) is 0 Å². The Balaban J connectivity index is 2.49. The molecule has 1 amide bonds. The molecule has 6 nitrogen and oxygen atoms in total. The largest absolute Gasteiger partial charge is 0.326 e. The van der Waals surface area contributed by atoms with Gasteiger partial charge >= 0.3 is 5.69 Å². The first-order valence-corrected chi connectivity index (χ1v) is 5.29. The maximum absolute atomic E-state index is 11.8. The van der Waals surface area contributed by atoms with Crippen LogP contribution in [0.1, 0.15) is 12.1 Å². The number of H-pyrrole nitrogens is 2. The number of hydrogen-bond acceptors (Lipinski definition) is 3. The van der Waals surface area contributed by atoms with E-state index < -0.39 is 11.2 Å². The summed E-state index contributed by atoms with van der Waals surface area (Å²) in [5, 5.41) is 0. The summed E-state index contributed by atoms with van der Waals surface area (Å²) in [6.45, 7) is 5.67. The molecular formula is C11H13N3O3. The second kappa shape index (κ2) is 4.04. The number of aromatic nitrogens is 2. The van der Waals surface area contributed by atoms with Crippen LogP contribution < -0.4 is 16.1 Å². The Labute approximate surface area is 97.0 Å². The monoisotopic (exact) mass is 235 g/mol. The summed E-state index contributed by atoms with van der Waals surface area (Å²) in [6, 6.07) is 0. The maximum Gasteiger partial charge on any atom is 0.326 e. The molecule has 0 bridgehead atoms. The normalized spacial score (nSPS) is 19.7. The number of aromatic amines is 2. The van der Waals surface area contributed by atoms with E-state index in [0.29, 0.717) is 18.7 Å². The zero-order chi connectivity index (χ0) is 12.6. The molecule has 0 aliphatic carbocycles. The van der Waals surface area contributed by atoms with Crippen molar-refractivity contribution in [2.24, 2.45) is 5.92 Å². The Hall–Kier alpha value is -2.11. The lowest BCUT2D eigenvalue weighted by Gasteiger charge is -2.16. The van der Waals surface area contributed by atoms with Crippen LogP contribution in [0.4, 0.5) is 5.69 Å². The van der Waals surface area contributed by atoms with E-state index in [1.54, 1.807) is 13.0 Å². The van der Waals surface area contributed by atoms with Gasteiger partial charge in [0.15, 0.2) is 0 Å². The van der Waals surface area contributed by atoms with Crippen LogP contribution in [-0.2, 0) is 4.79 Å². The van der Waals surface area contributed by atoms with Crippen molar-refractivity contribution >= 4 is 11.6 Å². The Kier molecular flexibility index (Phi) is 2.71. The van der Waals surface area contributed by atoms with Crippen molar-refractivity contribution in [1.82, 2.24) is 9.97 Å². The molecule has 0 saturated carbocycles. The van der Waals surface area contributed by atoms with Crippen LogP contribution in [0.3, 0.4) is 0 Å². The molecule has 1 aromatic heterocycles. The van der Waals surface area contributed by atoms with Crippen LogP contribution in [0.15, 0.2) is 22.2 Å². The number of amides is 1. The van der Waals surface area contributed by atoms with E-state index in [-0.39, 0.29) is 17.5 Å². The van der Waals surface area contributed by atoms with Crippen LogP contribution in [0.5, 0.6) is 0 Å². The number of carbonyl (C=O) groups excluding carboxylic acids is 1. The minimum atomic E-state index is -0.567. The minimum Gasteiger partial charge on any atom is -0.309 e. The Morgan fingerprint density at radius 1 is 1.35 bits per heavy atom. The summed E-state index contributed by atoms with van der Waals surface area (Å²) < 4.78 is 0. The van der Waals surface area contributed by atoms with Crippen LogP contribution in [0.2, 0.25) is 0 Å². The molecule has 1 aliphatic rings. The second-order valence-corrected chi connectivity index (χ2v) is 4.09. The third-order valence-electron chi connectivity index (χ3n) is 2.86. The molecule has 1 fully saturated rings. The minimum absolute atomic E-state index is 0.0493. The van der Waals surface area contributed by atoms with Crippen molar-refractivity contribution in [3.63, 3.8) is 0 Å². The predicted octanol–water partition coefficient (Wildman–Crippen LogP) is -0.0895. The van der Waals surface area contributed by atoms with E-state index in [9.17, 15) is 14.4 Å². The number of carbonyl (C=O) groups is 1. The third-order valence-corrected chi connectivity index (χ3v) is 2.86. The van der Waals surface area contributed by atoms with Gasteiger partial charge in [0.05, 0.1) is 0 Å². The highest BCUT2D eigenvalue weighted by atomic mass is 16.2. The smallest absolute Gasteiger partial charge is 0.309 e. The summed E-state index contributed by atoms with van der Waals surface area (Å²) in [5.74, 6) is -0.0798. The van der Waals surface area contributed by atoms with E-state index in [2.05, 4.69) is 16.5 Å². The molecule has 1 aliphatic heterocycles. The van der Waals surface area contributed by atoms with Gasteiger partial charge in [-0.15, -0.1) is 6.58 Å². The number of aryl methyl sites for hydroxylation is 1. The first kappa shape index (κ1) is 11.4. The van der Waals surface area contributed by atoms with Crippen LogP contribution in [-0.4, -0.2) is 22.4 Å². The van der Waals surface area contributed by atoms with Crippen molar-refractivity contribution in [3.8, 4) is 0 Å². The Morgan fingerprint density at radius 2 is 2.06 bits per heavy atom. The van der Waals surface area contributed by atoms with Crippen molar-refractivity contribution in [1.29, 1.82) is 0 Å². The number of nitrogens with zero attached hydrogens (tertiary/aromatic N) is 1. The average molecular weight is 235 g/mol. The van der Waals surface area contributed by atoms with E-state index >= 15 is 0 Å². The molecule has 0 radical (unpaired) electrons. The Morgan fingerprint density at radius 3 is 2.59 bits per heavy atom. The summed E-state index contributed by atoms with van der Waals surface area (Å²) in [6.07, 6.45) is 2.05. The van der Waals surface area contributed by atoms with Gasteiger partial charge < -0.3 is 9.88 Å². The molecule has 17 heavy (non-hydrogen) atoms. The van der Waals surface area contributed by atoms with E-state index in [4.69, 9.17) is 0 Å². The number of rotatable bonds is 2. The van der Waals surface area contributed by atoms with Crippen molar-refractivity contribution in [2.45, 2.75) is 13.3 Å². The molecule has 2 rings (SSSR count). The van der Waals surface area contributed by atoms with Crippen molar-refractivity contribution in [3.05, 3.63) is 39.2 Å². The van der Waals surface area contributed by atoms with Gasteiger partial charge in [0.25, 0.3) is 5.56 Å². The lowest BCUT2D eigenvalue weighted by Crippen LogP contribution is -2.35. The number of anilines is 1. The van der Waals surface area contributed by atoms with Gasteiger partial charge in [-0.05, 0) is 6.92 Å². The van der Waals surface area contributed by atoms with Gasteiger partial charge in [0.1, 0.15) is 5.69 Å². The van der Waals surface area contributed by atoms with Gasteiger partial charge in [0, 0.05) is 24.6 Å². The molecule has 1 atom stereocenters. The quantitative estimate of drug-likeness (QED) is 0.702. The lowest BCUT2D eigenvalue weighted by molar-refractivity contribution is -0.117. The first-order chi connectivity index (χ1) is 8.02. The summed E-state index contributed by atoms with van der Waals surface area (Å²) in [4.78, 5) is 40.5. The number of hydrogen-bond donors (Lipinski definition) is 2. The molecule has 1 unspecified atom stereocenters. The molecule has 0 spiro atoms. The summed E-state index contributed by atoms with van der Waals surface area (Å²) in [5.41, 5.74) is -0.483. The van der Waals surface area contributed by atoms with E-state index in [1.165, 1.54) is 4.90 Å². The molecule has 2 heterocycles. The molecular weight excluding hydrogens is 222 g/mol. The fourth-order valence-corrected chi connectivity index (χ4v) is 2.03. The average Bonchev–Trinajstić information content (AvgIpc) is 2.59. The van der Waals surface area contributed by atoms with Gasteiger partial charge in [-0.2, -0.15) is 0 Å². The fourth-order valence-electron chi connectivity index (χ4n) is 2.03. The lowest BCUT2D eigenvalue weighted by atomic mass is 10.1. The SMILES string of the molecule is C=CC1CC(=O)N(c2c(C)[nH]c(=O)[nH]c2=O)C1. The van der Waals surface area contributed by atoms with Gasteiger partial charge in [-0.25, -0.2) is 4.79 Å². The highest BCUT2D eigenvalue weighted by molar-refractivity contribution is 5.96. The van der Waals surface area contributed by atoms with Crippen LogP contribution in [0, 0.1) is 12.8 Å². The highest BCUT2D eigenvalue weighted by Crippen LogP contribution is 2.23. The maximum atomic E-state index is 11.8. The van der Waals surface area contributed by atoms with Gasteiger partial charge in [0.2, 0.25) is 5.91 Å². The van der Waals surface area contributed by atoms with Gasteiger partial charge in [-0.3, -0.25) is 14.6 Å². The van der Waals surface area contributed by atoms with Crippen LogP contribution in [0.25, 0.3) is 0 Å². The summed E-state index contributed by atoms with van der Waals surface area (Å²) in [7, 11) is 0. The first-order valence-electron chi connectivity index (χ1n) is 5.29. The topological polar surface area (TPSA) is 86.0 Å². The van der Waals surface area contributed by atoms with E-state index in [1.807, 2.05) is 0 Å². The standard InChI is InChI=1S/C11H13N3O3/c1-3-7-4-8(15)14(5-7)9-6(2)12-11(17)13-10(9)16/h3,7H,1,4-5H2,2H3,(H2,12,13,16,17). The Bertz CT molecular complexity index is 584. The predicted molar refractivity (Wildman–Crippen MR) is 63.1 cm³/mol. The summed E-state index contributed by atoms with van der Waals surface area (Å²) >= 11 is 0. The zero-order valence-corrected chi connectivity index (χ0v) is 9.45. The zero-order valence-electron chi connectivity index (χ0n) is 9.45. The van der Waals surface area contributed by atoms with Crippen molar-refractivity contribution < 1.29 is 4.79 Å².